The van der Waals surface area contributed by atoms with Gasteiger partial charge in [0, 0.05) is 39.3 Å². The van der Waals surface area contributed by atoms with Gasteiger partial charge in [0.05, 0.1) is 6.61 Å². The van der Waals surface area contributed by atoms with Crippen LogP contribution in [0.1, 0.15) is 22.8 Å². The van der Waals surface area contributed by atoms with Crippen LogP contribution in [0.4, 0.5) is 0 Å². The summed E-state index contributed by atoms with van der Waals surface area (Å²) in [6.07, 6.45) is -0.0269. The predicted molar refractivity (Wildman–Crippen MR) is 97.9 cm³/mol. The third kappa shape index (κ3) is 4.65. The number of hydrogen-bond acceptors (Lipinski definition) is 4. The van der Waals surface area contributed by atoms with Crippen LogP contribution < -0.4 is 11.1 Å². The molecule has 1 atom stereocenters. The molecule has 128 valence electrons. The molecule has 1 aliphatic heterocycles. The van der Waals surface area contributed by atoms with Crippen molar-refractivity contribution < 1.29 is 4.74 Å². The summed E-state index contributed by atoms with van der Waals surface area (Å²) in [5, 5.41) is 3.38. The third-order valence-electron chi connectivity index (χ3n) is 4.52. The van der Waals surface area contributed by atoms with Gasteiger partial charge in [-0.2, -0.15) is 0 Å². The van der Waals surface area contributed by atoms with Crippen LogP contribution in [0.3, 0.4) is 0 Å². The fourth-order valence-corrected chi connectivity index (χ4v) is 3.08. The topological polar surface area (TPSA) is 50.5 Å². The SMILES string of the molecule is NCc1ccc(C(OCCN2CCNCC2)c2ccccc2)cc1. The highest BCUT2D eigenvalue weighted by Crippen LogP contribution is 2.26. The first-order valence-corrected chi connectivity index (χ1v) is 8.75. The maximum Gasteiger partial charge on any atom is 0.108 e. The lowest BCUT2D eigenvalue weighted by Gasteiger charge is -2.28. The van der Waals surface area contributed by atoms with E-state index in [2.05, 4.69) is 58.7 Å². The molecule has 4 heteroatoms. The molecule has 0 aliphatic carbocycles. The number of nitrogens with zero attached hydrogens (tertiary/aromatic N) is 1. The molecule has 1 saturated heterocycles. The summed E-state index contributed by atoms with van der Waals surface area (Å²) in [4.78, 5) is 2.45. The van der Waals surface area contributed by atoms with E-state index >= 15 is 0 Å². The molecule has 0 aromatic heterocycles. The van der Waals surface area contributed by atoms with Gasteiger partial charge in [-0.1, -0.05) is 54.6 Å². The van der Waals surface area contributed by atoms with Gasteiger partial charge >= 0.3 is 0 Å². The van der Waals surface area contributed by atoms with Crippen LogP contribution in [-0.4, -0.2) is 44.2 Å². The number of hydrogen-bond donors (Lipinski definition) is 2. The Morgan fingerprint density at radius 1 is 0.958 bits per heavy atom. The molecule has 3 N–H and O–H groups in total. The Kier molecular flexibility index (Phi) is 6.38. The van der Waals surface area contributed by atoms with Crippen molar-refractivity contribution in [1.29, 1.82) is 0 Å². The fraction of sp³-hybridized carbons (Fsp3) is 0.400. The molecule has 0 spiro atoms. The van der Waals surface area contributed by atoms with Crippen LogP contribution >= 0.6 is 0 Å². The lowest BCUT2D eigenvalue weighted by atomic mass is 10.00. The monoisotopic (exact) mass is 325 g/mol. The lowest BCUT2D eigenvalue weighted by Crippen LogP contribution is -2.44. The van der Waals surface area contributed by atoms with E-state index in [0.29, 0.717) is 6.54 Å². The van der Waals surface area contributed by atoms with Crippen molar-refractivity contribution in [3.05, 3.63) is 71.3 Å². The maximum atomic E-state index is 6.30. The van der Waals surface area contributed by atoms with Crippen molar-refractivity contribution in [3.63, 3.8) is 0 Å². The Hall–Kier alpha value is -1.72. The number of nitrogens with two attached hydrogens (primary N) is 1. The Balaban J connectivity index is 1.67. The van der Waals surface area contributed by atoms with Crippen molar-refractivity contribution in [2.75, 3.05) is 39.3 Å². The van der Waals surface area contributed by atoms with Gasteiger partial charge < -0.3 is 15.8 Å². The molecule has 0 bridgehead atoms. The second-order valence-electron chi connectivity index (χ2n) is 6.20. The lowest BCUT2D eigenvalue weighted by molar-refractivity contribution is 0.0573. The second-order valence-corrected chi connectivity index (χ2v) is 6.20. The summed E-state index contributed by atoms with van der Waals surface area (Å²) in [5.41, 5.74) is 9.23. The van der Waals surface area contributed by atoms with Crippen LogP contribution in [0.5, 0.6) is 0 Å². The zero-order chi connectivity index (χ0) is 16.6. The summed E-state index contributed by atoms with van der Waals surface area (Å²) in [5.74, 6) is 0. The smallest absolute Gasteiger partial charge is 0.108 e. The standard InChI is InChI=1S/C20H27N3O/c21-16-17-6-8-19(9-7-17)20(18-4-2-1-3-5-18)24-15-14-23-12-10-22-11-13-23/h1-9,20,22H,10-16,21H2. The average Bonchev–Trinajstić information content (AvgIpc) is 2.67. The molecule has 1 heterocycles. The van der Waals surface area contributed by atoms with Gasteiger partial charge in [-0.3, -0.25) is 4.90 Å². The summed E-state index contributed by atoms with van der Waals surface area (Å²) in [7, 11) is 0. The first kappa shape index (κ1) is 17.1. The van der Waals surface area contributed by atoms with Crippen LogP contribution in [0.2, 0.25) is 0 Å². The van der Waals surface area contributed by atoms with E-state index in [9.17, 15) is 0 Å². The summed E-state index contributed by atoms with van der Waals surface area (Å²) in [6.45, 7) is 6.63. The van der Waals surface area contributed by atoms with Crippen molar-refractivity contribution in [3.8, 4) is 0 Å². The van der Waals surface area contributed by atoms with Gasteiger partial charge in [-0.05, 0) is 16.7 Å². The van der Waals surface area contributed by atoms with Crippen molar-refractivity contribution in [2.45, 2.75) is 12.6 Å². The van der Waals surface area contributed by atoms with Crippen molar-refractivity contribution >= 4 is 0 Å². The number of nitrogens with one attached hydrogen (secondary N) is 1. The predicted octanol–water partition coefficient (Wildman–Crippen LogP) is 2.16. The van der Waals surface area contributed by atoms with Crippen LogP contribution in [-0.2, 0) is 11.3 Å². The van der Waals surface area contributed by atoms with Gasteiger partial charge in [0.1, 0.15) is 6.10 Å². The van der Waals surface area contributed by atoms with E-state index in [1.165, 1.54) is 11.1 Å². The molecule has 3 rings (SSSR count). The Labute approximate surface area is 144 Å². The first-order chi connectivity index (χ1) is 11.9. The molecule has 1 fully saturated rings. The van der Waals surface area contributed by atoms with E-state index in [0.717, 1.165) is 44.9 Å². The molecular weight excluding hydrogens is 298 g/mol. The van der Waals surface area contributed by atoms with Crippen molar-refractivity contribution in [1.82, 2.24) is 10.2 Å². The highest BCUT2D eigenvalue weighted by Gasteiger charge is 2.16. The summed E-state index contributed by atoms with van der Waals surface area (Å²) >= 11 is 0. The third-order valence-corrected chi connectivity index (χ3v) is 4.52. The van der Waals surface area contributed by atoms with Crippen molar-refractivity contribution in [2.24, 2.45) is 5.73 Å². The number of rotatable bonds is 7. The highest BCUT2D eigenvalue weighted by molar-refractivity contribution is 5.32. The minimum absolute atomic E-state index is 0.0269. The van der Waals surface area contributed by atoms with Gasteiger partial charge in [0.15, 0.2) is 0 Å². The van der Waals surface area contributed by atoms with Gasteiger partial charge in [0.2, 0.25) is 0 Å². The Morgan fingerprint density at radius 3 is 2.29 bits per heavy atom. The molecule has 1 unspecified atom stereocenters. The Morgan fingerprint density at radius 2 is 1.62 bits per heavy atom. The molecule has 0 amide bonds. The van der Waals surface area contributed by atoms with E-state index in [1.807, 2.05) is 6.07 Å². The van der Waals surface area contributed by atoms with Crippen LogP contribution in [0.25, 0.3) is 0 Å². The largest absolute Gasteiger partial charge is 0.367 e. The second kappa shape index (κ2) is 8.94. The quantitative estimate of drug-likeness (QED) is 0.819. The molecule has 2 aromatic rings. The van der Waals surface area contributed by atoms with E-state index < -0.39 is 0 Å². The zero-order valence-electron chi connectivity index (χ0n) is 14.2. The molecular formula is C20H27N3O. The molecule has 24 heavy (non-hydrogen) atoms. The summed E-state index contributed by atoms with van der Waals surface area (Å²) < 4.78 is 6.30. The highest BCUT2D eigenvalue weighted by atomic mass is 16.5. The number of piperazine rings is 1. The van der Waals surface area contributed by atoms with E-state index in [4.69, 9.17) is 10.5 Å². The normalized spacial score (nSPS) is 16.9. The van der Waals surface area contributed by atoms with Gasteiger partial charge in [-0.25, -0.2) is 0 Å². The van der Waals surface area contributed by atoms with Crippen LogP contribution in [0.15, 0.2) is 54.6 Å². The Bertz CT molecular complexity index is 594. The minimum Gasteiger partial charge on any atom is -0.367 e. The minimum atomic E-state index is -0.0269. The average molecular weight is 325 g/mol. The maximum absolute atomic E-state index is 6.30. The number of ether oxygens (including phenoxy) is 1. The zero-order valence-corrected chi connectivity index (χ0v) is 14.2. The van der Waals surface area contributed by atoms with Crippen LogP contribution in [0, 0.1) is 0 Å². The van der Waals surface area contributed by atoms with E-state index in [-0.39, 0.29) is 6.10 Å². The molecule has 0 saturated carbocycles. The molecule has 4 nitrogen and oxygen atoms in total. The van der Waals surface area contributed by atoms with Gasteiger partial charge in [-0.15, -0.1) is 0 Å². The molecule has 0 radical (unpaired) electrons. The van der Waals surface area contributed by atoms with E-state index in [1.54, 1.807) is 0 Å². The first-order valence-electron chi connectivity index (χ1n) is 8.75. The fourth-order valence-electron chi connectivity index (χ4n) is 3.08. The van der Waals surface area contributed by atoms with Gasteiger partial charge in [0.25, 0.3) is 0 Å². The molecule has 2 aromatic carbocycles. The number of benzene rings is 2. The molecule has 1 aliphatic rings. The summed E-state index contributed by atoms with van der Waals surface area (Å²) in [6, 6.07) is 18.9.